The first-order valence-corrected chi connectivity index (χ1v) is 11.4. The van der Waals surface area contributed by atoms with Gasteiger partial charge in [-0.3, -0.25) is 0 Å². The number of benzene rings is 2. The molecule has 0 amide bonds. The summed E-state index contributed by atoms with van der Waals surface area (Å²) in [6.45, 7) is 4.25. The van der Waals surface area contributed by atoms with Crippen LogP contribution in [0.15, 0.2) is 60.7 Å². The second-order valence-corrected chi connectivity index (χ2v) is 8.60. The Labute approximate surface area is 178 Å². The highest BCUT2D eigenvalue weighted by molar-refractivity contribution is 5.46. The molecule has 1 aliphatic carbocycles. The maximum atomic E-state index is 4.59. The predicted octanol–water partition coefficient (Wildman–Crippen LogP) is 2.67. The van der Waals surface area contributed by atoms with Gasteiger partial charge in [0.25, 0.3) is 0 Å². The van der Waals surface area contributed by atoms with Gasteiger partial charge in [-0.2, -0.15) is 0 Å². The van der Waals surface area contributed by atoms with E-state index in [1.165, 1.54) is 43.4 Å². The zero-order valence-corrected chi connectivity index (χ0v) is 17.5. The third-order valence-corrected chi connectivity index (χ3v) is 6.77. The smallest absolute Gasteiger partial charge is 0.214 e. The number of anilines is 1. The molecule has 3 aromatic rings. The van der Waals surface area contributed by atoms with E-state index in [0.29, 0.717) is 6.04 Å². The largest absolute Gasteiger partial charge is 0.360 e. The van der Waals surface area contributed by atoms with Crippen LogP contribution >= 0.6 is 0 Å². The van der Waals surface area contributed by atoms with Crippen molar-refractivity contribution in [2.75, 3.05) is 31.1 Å². The molecule has 30 heavy (non-hydrogen) atoms. The summed E-state index contributed by atoms with van der Waals surface area (Å²) in [5.74, 6) is 1.04. The van der Waals surface area contributed by atoms with Gasteiger partial charge in [-0.05, 0) is 35.4 Å². The summed E-state index contributed by atoms with van der Waals surface area (Å²) in [5, 5.41) is 13.2. The van der Waals surface area contributed by atoms with Crippen LogP contribution < -0.4 is 9.80 Å². The van der Waals surface area contributed by atoms with Crippen molar-refractivity contribution in [1.82, 2.24) is 20.2 Å². The molecule has 1 saturated heterocycles. The van der Waals surface area contributed by atoms with Crippen LogP contribution in [0.1, 0.15) is 55.6 Å². The number of piperazine rings is 1. The Morgan fingerprint density at radius 3 is 2.20 bits per heavy atom. The first-order valence-electron chi connectivity index (χ1n) is 11.4. The van der Waals surface area contributed by atoms with Gasteiger partial charge in [0.05, 0.1) is 32.2 Å². The van der Waals surface area contributed by atoms with Crippen molar-refractivity contribution in [2.45, 2.75) is 44.2 Å². The van der Waals surface area contributed by atoms with Crippen LogP contribution in [0.25, 0.3) is 0 Å². The second kappa shape index (κ2) is 8.96. The van der Waals surface area contributed by atoms with Crippen LogP contribution in [0.4, 0.5) is 5.69 Å². The number of quaternary nitrogens is 1. The summed E-state index contributed by atoms with van der Waals surface area (Å²) in [6.07, 6.45) is 6.28. The van der Waals surface area contributed by atoms with E-state index in [0.717, 1.165) is 32.0 Å². The standard InChI is InChI=1S/C24H30N6/c1-4-10-20(11-5-1)23(24-25-26-27-30(24)22-14-8-3-9-15-22)29-18-16-28(17-19-29)21-12-6-2-7-13-21/h1-2,4-7,10-13,22-23H,3,8-9,14-19H2/p+1/t23-/m1/s1. The Kier molecular flexibility index (Phi) is 5.75. The molecule has 6 heteroatoms. The lowest BCUT2D eigenvalue weighted by Crippen LogP contribution is -3.15. The van der Waals surface area contributed by atoms with Crippen molar-refractivity contribution in [3.63, 3.8) is 0 Å². The minimum atomic E-state index is 0.182. The monoisotopic (exact) mass is 403 g/mol. The van der Waals surface area contributed by atoms with E-state index in [4.69, 9.17) is 0 Å². The summed E-state index contributed by atoms with van der Waals surface area (Å²) < 4.78 is 2.16. The van der Waals surface area contributed by atoms with E-state index in [1.54, 1.807) is 4.90 Å². The fourth-order valence-corrected chi connectivity index (χ4v) is 5.17. The highest BCUT2D eigenvalue weighted by Crippen LogP contribution is 2.30. The molecule has 0 bridgehead atoms. The van der Waals surface area contributed by atoms with Gasteiger partial charge in [0, 0.05) is 11.3 Å². The minimum Gasteiger partial charge on any atom is -0.360 e. The second-order valence-electron chi connectivity index (χ2n) is 8.60. The van der Waals surface area contributed by atoms with Crippen molar-refractivity contribution in [1.29, 1.82) is 0 Å². The molecule has 2 fully saturated rings. The van der Waals surface area contributed by atoms with Crippen molar-refractivity contribution in [3.8, 4) is 0 Å². The van der Waals surface area contributed by atoms with Crippen molar-refractivity contribution in [3.05, 3.63) is 72.1 Å². The lowest BCUT2D eigenvalue weighted by molar-refractivity contribution is -0.927. The molecule has 1 atom stereocenters. The first kappa shape index (κ1) is 19.2. The molecular weight excluding hydrogens is 372 g/mol. The molecule has 2 aromatic carbocycles. The van der Waals surface area contributed by atoms with E-state index in [2.05, 4.69) is 85.8 Å². The van der Waals surface area contributed by atoms with E-state index in [-0.39, 0.29) is 6.04 Å². The molecule has 1 saturated carbocycles. The molecule has 156 valence electrons. The quantitative estimate of drug-likeness (QED) is 0.712. The van der Waals surface area contributed by atoms with E-state index in [9.17, 15) is 0 Å². The van der Waals surface area contributed by atoms with Crippen molar-refractivity contribution < 1.29 is 4.90 Å². The summed E-state index contributed by atoms with van der Waals surface area (Å²) in [4.78, 5) is 4.05. The predicted molar refractivity (Wildman–Crippen MR) is 118 cm³/mol. The van der Waals surface area contributed by atoms with Gasteiger partial charge in [0.2, 0.25) is 5.82 Å². The first-order chi connectivity index (χ1) is 14.9. The van der Waals surface area contributed by atoms with Crippen LogP contribution in [0.5, 0.6) is 0 Å². The Bertz CT molecular complexity index is 911. The topological polar surface area (TPSA) is 51.3 Å². The SMILES string of the molecule is c1ccc([C@H](c2nnnn2C2CCCCC2)[NH+]2CCN(c3ccccc3)CC2)cc1. The third-order valence-electron chi connectivity index (χ3n) is 6.77. The highest BCUT2D eigenvalue weighted by atomic mass is 15.6. The number of tetrazole rings is 1. The van der Waals surface area contributed by atoms with Crippen LogP contribution in [0.2, 0.25) is 0 Å². The number of rotatable bonds is 5. The van der Waals surface area contributed by atoms with Gasteiger partial charge in [0.15, 0.2) is 6.04 Å². The zero-order valence-electron chi connectivity index (χ0n) is 17.5. The van der Waals surface area contributed by atoms with Crippen molar-refractivity contribution >= 4 is 5.69 Å². The van der Waals surface area contributed by atoms with Gasteiger partial charge in [-0.25, -0.2) is 4.68 Å². The van der Waals surface area contributed by atoms with E-state index >= 15 is 0 Å². The van der Waals surface area contributed by atoms with Gasteiger partial charge < -0.3 is 9.80 Å². The molecule has 0 unspecified atom stereocenters. The number of nitrogens with one attached hydrogen (secondary N) is 1. The summed E-state index contributed by atoms with van der Waals surface area (Å²) in [6, 6.07) is 22.2. The van der Waals surface area contributed by atoms with Crippen LogP contribution in [0, 0.1) is 0 Å². The zero-order chi connectivity index (χ0) is 20.2. The van der Waals surface area contributed by atoms with E-state index < -0.39 is 0 Å². The van der Waals surface area contributed by atoms with Crippen LogP contribution in [-0.2, 0) is 0 Å². The lowest BCUT2D eigenvalue weighted by Gasteiger charge is -2.37. The molecule has 6 nitrogen and oxygen atoms in total. The Morgan fingerprint density at radius 2 is 1.50 bits per heavy atom. The van der Waals surface area contributed by atoms with Gasteiger partial charge in [-0.15, -0.1) is 5.10 Å². The Balaban J connectivity index is 1.41. The lowest BCUT2D eigenvalue weighted by atomic mass is 9.95. The molecular formula is C24H31N6+. The highest BCUT2D eigenvalue weighted by Gasteiger charge is 2.35. The van der Waals surface area contributed by atoms with Gasteiger partial charge in [-0.1, -0.05) is 67.8 Å². The number of aromatic nitrogens is 4. The maximum absolute atomic E-state index is 4.59. The number of para-hydroxylation sites is 1. The van der Waals surface area contributed by atoms with Crippen LogP contribution in [0.3, 0.4) is 0 Å². The van der Waals surface area contributed by atoms with Crippen LogP contribution in [-0.4, -0.2) is 46.4 Å². The molecule has 5 rings (SSSR count). The summed E-state index contributed by atoms with van der Waals surface area (Å²) in [7, 11) is 0. The maximum Gasteiger partial charge on any atom is 0.214 e. The molecule has 1 N–H and O–H groups in total. The summed E-state index contributed by atoms with van der Waals surface area (Å²) in [5.41, 5.74) is 2.63. The molecule has 1 aromatic heterocycles. The summed E-state index contributed by atoms with van der Waals surface area (Å²) >= 11 is 0. The molecule has 2 heterocycles. The normalized spacial score (nSPS) is 19.7. The van der Waals surface area contributed by atoms with E-state index in [1.807, 2.05) is 0 Å². The minimum absolute atomic E-state index is 0.182. The average molecular weight is 404 g/mol. The number of nitrogens with zero attached hydrogens (tertiary/aromatic N) is 5. The number of hydrogen-bond donors (Lipinski definition) is 1. The molecule has 1 aliphatic heterocycles. The molecule has 2 aliphatic rings. The molecule has 0 spiro atoms. The van der Waals surface area contributed by atoms with Gasteiger partial charge >= 0.3 is 0 Å². The fraction of sp³-hybridized carbons (Fsp3) is 0.458. The number of hydrogen-bond acceptors (Lipinski definition) is 4. The van der Waals surface area contributed by atoms with Gasteiger partial charge in [0.1, 0.15) is 0 Å². The van der Waals surface area contributed by atoms with Crippen molar-refractivity contribution in [2.24, 2.45) is 0 Å². The fourth-order valence-electron chi connectivity index (χ4n) is 5.17. The average Bonchev–Trinajstić information content (AvgIpc) is 3.31. The Morgan fingerprint density at radius 1 is 0.833 bits per heavy atom. The molecule has 0 radical (unpaired) electrons. The Hall–Kier alpha value is -2.73. The third kappa shape index (κ3) is 3.97.